The molecule has 1 unspecified atom stereocenters. The first-order chi connectivity index (χ1) is 11.6. The third-order valence-electron chi connectivity index (χ3n) is 3.20. The third-order valence-corrected chi connectivity index (χ3v) is 3.20. The summed E-state index contributed by atoms with van der Waals surface area (Å²) in [6.07, 6.45) is -0.689. The SMILES string of the molecule is O=C(NC(CO)c1ccc(OC(F)F)cc1)OCc1ccccc1. The molecule has 2 aromatic rings. The number of ether oxygens (including phenoxy) is 2. The van der Waals surface area contributed by atoms with E-state index in [0.29, 0.717) is 5.56 Å². The van der Waals surface area contributed by atoms with Crippen molar-refractivity contribution in [1.82, 2.24) is 5.32 Å². The number of nitrogens with one attached hydrogen (secondary N) is 1. The molecular weight excluding hydrogens is 320 g/mol. The Labute approximate surface area is 137 Å². The summed E-state index contributed by atoms with van der Waals surface area (Å²) in [5.74, 6) is -0.00269. The van der Waals surface area contributed by atoms with Gasteiger partial charge >= 0.3 is 12.7 Å². The topological polar surface area (TPSA) is 67.8 Å². The highest BCUT2D eigenvalue weighted by Crippen LogP contribution is 2.19. The molecule has 2 rings (SSSR count). The van der Waals surface area contributed by atoms with E-state index in [-0.39, 0.29) is 19.0 Å². The van der Waals surface area contributed by atoms with Crippen molar-refractivity contribution < 1.29 is 28.2 Å². The number of rotatable bonds is 7. The van der Waals surface area contributed by atoms with Crippen LogP contribution in [0.4, 0.5) is 13.6 Å². The van der Waals surface area contributed by atoms with E-state index in [1.165, 1.54) is 24.3 Å². The molecule has 7 heteroatoms. The Morgan fingerprint density at radius 1 is 1.08 bits per heavy atom. The summed E-state index contributed by atoms with van der Waals surface area (Å²) in [4.78, 5) is 11.8. The van der Waals surface area contributed by atoms with Gasteiger partial charge < -0.3 is 19.9 Å². The van der Waals surface area contributed by atoms with Crippen LogP contribution in [-0.2, 0) is 11.3 Å². The van der Waals surface area contributed by atoms with Crippen LogP contribution in [0, 0.1) is 0 Å². The standard InChI is InChI=1S/C17H17F2NO4/c18-16(19)24-14-8-6-13(7-9-14)15(10-21)20-17(22)23-11-12-4-2-1-3-5-12/h1-9,15-16,21H,10-11H2,(H,20,22). The summed E-state index contributed by atoms with van der Waals surface area (Å²) >= 11 is 0. The number of amides is 1. The van der Waals surface area contributed by atoms with E-state index in [2.05, 4.69) is 10.1 Å². The second-order valence-electron chi connectivity index (χ2n) is 4.89. The van der Waals surface area contributed by atoms with Crippen LogP contribution >= 0.6 is 0 Å². The summed E-state index contributed by atoms with van der Waals surface area (Å²) in [7, 11) is 0. The molecule has 0 aromatic heterocycles. The molecule has 0 fully saturated rings. The molecule has 0 spiro atoms. The smallest absolute Gasteiger partial charge is 0.408 e. The predicted octanol–water partition coefficient (Wildman–Crippen LogP) is 3.25. The van der Waals surface area contributed by atoms with Crippen LogP contribution in [0.1, 0.15) is 17.2 Å². The van der Waals surface area contributed by atoms with Crippen molar-refractivity contribution in [3.63, 3.8) is 0 Å². The molecule has 0 aliphatic carbocycles. The molecule has 1 atom stereocenters. The molecule has 0 bridgehead atoms. The Morgan fingerprint density at radius 2 is 1.75 bits per heavy atom. The van der Waals surface area contributed by atoms with Gasteiger partial charge in [-0.15, -0.1) is 0 Å². The van der Waals surface area contributed by atoms with Crippen LogP contribution in [0.25, 0.3) is 0 Å². The summed E-state index contributed by atoms with van der Waals surface area (Å²) in [6.45, 7) is -3.17. The maximum absolute atomic E-state index is 12.1. The van der Waals surface area contributed by atoms with Gasteiger partial charge in [-0.05, 0) is 23.3 Å². The van der Waals surface area contributed by atoms with Crippen molar-refractivity contribution in [3.8, 4) is 5.75 Å². The largest absolute Gasteiger partial charge is 0.445 e. The van der Waals surface area contributed by atoms with Crippen molar-refractivity contribution >= 4 is 6.09 Å². The lowest BCUT2D eigenvalue weighted by atomic mass is 10.1. The van der Waals surface area contributed by atoms with Gasteiger partial charge in [0.15, 0.2) is 0 Å². The van der Waals surface area contributed by atoms with E-state index < -0.39 is 18.7 Å². The zero-order chi connectivity index (χ0) is 17.4. The first kappa shape index (κ1) is 17.7. The van der Waals surface area contributed by atoms with Gasteiger partial charge in [0.25, 0.3) is 0 Å². The lowest BCUT2D eigenvalue weighted by Crippen LogP contribution is -2.31. The second-order valence-corrected chi connectivity index (χ2v) is 4.89. The number of carbonyl (C=O) groups excluding carboxylic acids is 1. The summed E-state index contributed by atoms with van der Waals surface area (Å²) < 4.78 is 33.5. The Balaban J connectivity index is 1.89. The Kier molecular flexibility index (Phi) is 6.51. The first-order valence-corrected chi connectivity index (χ1v) is 7.21. The third kappa shape index (κ3) is 5.51. The fraction of sp³-hybridized carbons (Fsp3) is 0.235. The van der Waals surface area contributed by atoms with Crippen molar-refractivity contribution in [3.05, 3.63) is 65.7 Å². The number of alkyl carbamates (subject to hydrolysis) is 1. The molecule has 0 saturated heterocycles. The highest BCUT2D eigenvalue weighted by Gasteiger charge is 2.15. The fourth-order valence-electron chi connectivity index (χ4n) is 2.02. The molecular formula is C17H17F2NO4. The van der Waals surface area contributed by atoms with Gasteiger partial charge in [0.1, 0.15) is 12.4 Å². The van der Waals surface area contributed by atoms with Crippen LogP contribution in [0.15, 0.2) is 54.6 Å². The van der Waals surface area contributed by atoms with Gasteiger partial charge in [-0.25, -0.2) is 4.79 Å². The van der Waals surface area contributed by atoms with Gasteiger partial charge in [-0.2, -0.15) is 8.78 Å². The van der Waals surface area contributed by atoms with Crippen LogP contribution in [-0.4, -0.2) is 24.4 Å². The van der Waals surface area contributed by atoms with Crippen molar-refractivity contribution in [2.24, 2.45) is 0 Å². The molecule has 128 valence electrons. The van der Waals surface area contributed by atoms with E-state index in [1.807, 2.05) is 30.3 Å². The van der Waals surface area contributed by atoms with Gasteiger partial charge in [0, 0.05) is 0 Å². The van der Waals surface area contributed by atoms with E-state index in [4.69, 9.17) is 4.74 Å². The van der Waals surface area contributed by atoms with Crippen molar-refractivity contribution in [1.29, 1.82) is 0 Å². The fourth-order valence-corrected chi connectivity index (χ4v) is 2.02. The first-order valence-electron chi connectivity index (χ1n) is 7.21. The Morgan fingerprint density at radius 3 is 2.33 bits per heavy atom. The Hall–Kier alpha value is -2.67. The molecule has 2 aromatic carbocycles. The molecule has 0 saturated carbocycles. The summed E-state index contributed by atoms with van der Waals surface area (Å²) in [5, 5.41) is 11.9. The summed E-state index contributed by atoms with van der Waals surface area (Å²) in [5.41, 5.74) is 1.37. The van der Waals surface area contributed by atoms with Gasteiger partial charge in [-0.1, -0.05) is 42.5 Å². The molecule has 24 heavy (non-hydrogen) atoms. The number of carbonyl (C=O) groups is 1. The minimum absolute atomic E-state index is 0.00269. The van der Waals surface area contributed by atoms with E-state index in [1.54, 1.807) is 0 Å². The van der Waals surface area contributed by atoms with Crippen LogP contribution < -0.4 is 10.1 Å². The number of aliphatic hydroxyl groups excluding tert-OH is 1. The van der Waals surface area contributed by atoms with Crippen molar-refractivity contribution in [2.45, 2.75) is 19.3 Å². The number of alkyl halides is 2. The monoisotopic (exact) mass is 337 g/mol. The van der Waals surface area contributed by atoms with Crippen LogP contribution in [0.3, 0.4) is 0 Å². The van der Waals surface area contributed by atoms with E-state index in [0.717, 1.165) is 5.56 Å². The minimum Gasteiger partial charge on any atom is -0.445 e. The molecule has 2 N–H and O–H groups in total. The number of benzene rings is 2. The van der Waals surface area contributed by atoms with E-state index in [9.17, 15) is 18.7 Å². The average molecular weight is 337 g/mol. The second kappa shape index (κ2) is 8.83. The molecule has 1 amide bonds. The zero-order valence-corrected chi connectivity index (χ0v) is 12.7. The molecule has 0 aliphatic heterocycles. The molecule has 0 radical (unpaired) electrons. The van der Waals surface area contributed by atoms with Crippen LogP contribution in [0.5, 0.6) is 5.75 Å². The number of hydrogen-bond donors (Lipinski definition) is 2. The molecule has 0 heterocycles. The van der Waals surface area contributed by atoms with Crippen LogP contribution in [0.2, 0.25) is 0 Å². The van der Waals surface area contributed by atoms with E-state index >= 15 is 0 Å². The number of hydrogen-bond acceptors (Lipinski definition) is 4. The highest BCUT2D eigenvalue weighted by atomic mass is 19.3. The Bertz CT molecular complexity index is 635. The zero-order valence-electron chi connectivity index (χ0n) is 12.7. The normalized spacial score (nSPS) is 11.8. The lowest BCUT2D eigenvalue weighted by Gasteiger charge is -2.17. The van der Waals surface area contributed by atoms with Gasteiger partial charge in [-0.3, -0.25) is 0 Å². The van der Waals surface area contributed by atoms with Crippen molar-refractivity contribution in [2.75, 3.05) is 6.61 Å². The predicted molar refractivity (Wildman–Crippen MR) is 82.7 cm³/mol. The lowest BCUT2D eigenvalue weighted by molar-refractivity contribution is -0.0498. The quantitative estimate of drug-likeness (QED) is 0.814. The number of halogens is 2. The van der Waals surface area contributed by atoms with Gasteiger partial charge in [0.2, 0.25) is 0 Å². The van der Waals surface area contributed by atoms with Gasteiger partial charge in [0.05, 0.1) is 12.6 Å². The minimum atomic E-state index is -2.91. The molecule has 0 aliphatic rings. The average Bonchev–Trinajstić information content (AvgIpc) is 2.59. The maximum atomic E-state index is 12.1. The highest BCUT2D eigenvalue weighted by molar-refractivity contribution is 5.68. The maximum Gasteiger partial charge on any atom is 0.408 e. The number of aliphatic hydroxyl groups is 1. The summed E-state index contributed by atoms with van der Waals surface area (Å²) in [6, 6.07) is 14.1. The molecule has 5 nitrogen and oxygen atoms in total.